The van der Waals surface area contributed by atoms with Gasteiger partial charge in [-0.2, -0.15) is 12.6 Å². The molecule has 2 unspecified atom stereocenters. The number of benzene rings is 6. The third-order valence-corrected chi connectivity index (χ3v) is 12.1. The van der Waals surface area contributed by atoms with Crippen LogP contribution < -0.4 is 0 Å². The maximum absolute atomic E-state index is 5.29. The standard InChI is InChI=1S/2C26H27N3.2C4H11Si.Hf/c2*1-3-11-20(12-4-1)19-27-26(28-21-13-5-2-6-14-21)29-24-17-9-7-15-22(24)23-16-8-10-18-25(23)29;2*1-5(2,3)4;/h2*1,3-4,7-12,15-18,21,26H,2,5-6,13-14,19H2;2*1H2,2-4H3;/q2*-2;2*-1;. The van der Waals surface area contributed by atoms with Crippen molar-refractivity contribution in [3.8, 4) is 0 Å². The van der Waals surface area contributed by atoms with Crippen LogP contribution in [0.15, 0.2) is 158 Å². The van der Waals surface area contributed by atoms with Gasteiger partial charge in [-0.3, -0.25) is 0 Å². The molecule has 2 saturated carbocycles. The Morgan fingerprint density at radius 3 is 0.928 bits per heavy atom. The summed E-state index contributed by atoms with van der Waals surface area (Å²) in [6.07, 6.45) is 12.2. The van der Waals surface area contributed by atoms with E-state index in [4.69, 9.17) is 21.3 Å². The predicted molar refractivity (Wildman–Crippen MR) is 302 cm³/mol. The van der Waals surface area contributed by atoms with E-state index in [1.807, 2.05) is 0 Å². The topological polar surface area (TPSA) is 66.3 Å². The molecule has 8 aromatic rings. The second-order valence-electron chi connectivity index (χ2n) is 21.2. The summed E-state index contributed by atoms with van der Waals surface area (Å²) < 4.78 is 4.70. The summed E-state index contributed by atoms with van der Waals surface area (Å²) in [4.78, 5) is 0. The fourth-order valence-electron chi connectivity index (χ4n) is 9.17. The first-order valence-corrected chi connectivity index (χ1v) is 32.7. The third-order valence-electron chi connectivity index (χ3n) is 12.1. The van der Waals surface area contributed by atoms with Crippen LogP contribution in [0.3, 0.4) is 0 Å². The molecule has 0 N–H and O–H groups in total. The Morgan fingerprint density at radius 1 is 0.406 bits per heavy atom. The molecule has 0 radical (unpaired) electrons. The molecule has 0 spiro atoms. The van der Waals surface area contributed by atoms with Crippen molar-refractivity contribution in [3.63, 3.8) is 0 Å². The van der Waals surface area contributed by atoms with Gasteiger partial charge in [-0.25, -0.2) is 0 Å². The van der Waals surface area contributed by atoms with Crippen molar-refractivity contribution >= 4 is 59.8 Å². The van der Waals surface area contributed by atoms with Crippen LogP contribution in [-0.4, -0.2) is 37.4 Å². The van der Waals surface area contributed by atoms with E-state index in [1.54, 1.807) is 0 Å². The van der Waals surface area contributed by atoms with E-state index in [0.717, 1.165) is 0 Å². The maximum atomic E-state index is 5.29. The Labute approximate surface area is 436 Å². The summed E-state index contributed by atoms with van der Waals surface area (Å²) in [5.41, 5.74) is 7.34. The Balaban J connectivity index is 0.000000188. The quantitative estimate of drug-likeness (QED) is 0.0864. The zero-order valence-electron chi connectivity index (χ0n) is 42.4. The molecule has 0 bridgehead atoms. The molecular formula is C60H76HfN6Si2-6. The Morgan fingerprint density at radius 2 is 0.652 bits per heavy atom. The van der Waals surface area contributed by atoms with Crippen LogP contribution in [0.1, 0.15) is 87.9 Å². The SMILES string of the molecule is [CH2-][Si](C)(C)C.[CH2-][Si](C)(C)C.[Hf].c1ccc(C[N-]C([N-]C2CCCCC2)n2c3ccccc3c3ccccc32)cc1.c1ccc(C[N-]C([N-]C2CCCCC2)n2c3ccccc3c3ccccc32)cc1. The van der Waals surface area contributed by atoms with Crippen LogP contribution in [0.4, 0.5) is 0 Å². The van der Waals surface area contributed by atoms with Crippen molar-refractivity contribution < 1.29 is 25.8 Å². The van der Waals surface area contributed by atoms with E-state index in [2.05, 4.69) is 219 Å². The first-order valence-electron chi connectivity index (χ1n) is 25.3. The zero-order chi connectivity index (χ0) is 47.9. The van der Waals surface area contributed by atoms with Gasteiger partial charge in [-0.05, 0) is 24.3 Å². The first kappa shape index (κ1) is 54.4. The Kier molecular flexibility index (Phi) is 20.9. The Hall–Kier alpha value is -3.94. The minimum atomic E-state index is -0.861. The first-order chi connectivity index (χ1) is 32.8. The van der Waals surface area contributed by atoms with Crippen LogP contribution in [0.5, 0.6) is 0 Å². The molecule has 2 heterocycles. The van der Waals surface area contributed by atoms with Gasteiger partial charge in [0.15, 0.2) is 0 Å². The molecule has 2 aromatic heterocycles. The van der Waals surface area contributed by atoms with Gasteiger partial charge >= 0.3 is 0 Å². The van der Waals surface area contributed by atoms with Crippen LogP contribution in [0, 0.1) is 13.1 Å². The summed E-state index contributed by atoms with van der Waals surface area (Å²) in [6.45, 7) is 22.5. The zero-order valence-corrected chi connectivity index (χ0v) is 48.0. The maximum Gasteiger partial charge on any atom is 0.0461 e. The number of hydrogen-bond donors (Lipinski definition) is 0. The van der Waals surface area contributed by atoms with E-state index < -0.39 is 16.1 Å². The fourth-order valence-corrected chi connectivity index (χ4v) is 9.17. The molecule has 6 nitrogen and oxygen atoms in total. The van der Waals surface area contributed by atoms with Gasteiger partial charge in [0, 0.05) is 69.5 Å². The molecule has 2 aliphatic carbocycles. The average Bonchev–Trinajstić information content (AvgIpc) is 3.85. The van der Waals surface area contributed by atoms with Crippen molar-refractivity contribution in [1.29, 1.82) is 0 Å². The molecule has 9 heteroatoms. The van der Waals surface area contributed by atoms with Crippen LogP contribution in [-0.2, 0) is 38.9 Å². The number of nitrogens with zero attached hydrogens (tertiary/aromatic N) is 6. The summed E-state index contributed by atoms with van der Waals surface area (Å²) in [5.74, 6) is 0. The molecule has 2 fully saturated rings. The summed E-state index contributed by atoms with van der Waals surface area (Å²) in [6, 6.07) is 56.5. The summed E-state index contributed by atoms with van der Waals surface area (Å²) in [5, 5.41) is 26.0. The van der Waals surface area contributed by atoms with E-state index in [1.165, 1.54) is 119 Å². The van der Waals surface area contributed by atoms with Gasteiger partial charge < -0.3 is 43.5 Å². The smallest absolute Gasteiger partial charge is 0.0461 e. The molecular weight excluding hydrogens is 1040 g/mol. The van der Waals surface area contributed by atoms with Crippen molar-refractivity contribution in [3.05, 3.63) is 203 Å². The minimum Gasteiger partial charge on any atom is -0.658 e. The van der Waals surface area contributed by atoms with E-state index in [0.29, 0.717) is 25.2 Å². The monoisotopic (exact) mass is 1120 g/mol. The number of para-hydroxylation sites is 4. The van der Waals surface area contributed by atoms with Gasteiger partial charge in [0.05, 0.1) is 0 Å². The molecule has 2 atom stereocenters. The van der Waals surface area contributed by atoms with Crippen LogP contribution >= 0.6 is 0 Å². The van der Waals surface area contributed by atoms with Crippen molar-refractivity contribution in [2.24, 2.45) is 0 Å². The Bertz CT molecular complexity index is 2420. The van der Waals surface area contributed by atoms with Crippen molar-refractivity contribution in [2.45, 2.75) is 141 Å². The predicted octanol–water partition coefficient (Wildman–Crippen LogP) is 18.5. The molecule has 69 heavy (non-hydrogen) atoms. The van der Waals surface area contributed by atoms with Gasteiger partial charge in [0.25, 0.3) is 0 Å². The molecule has 10 rings (SSSR count). The third kappa shape index (κ3) is 16.6. The second kappa shape index (κ2) is 26.5. The van der Waals surface area contributed by atoms with E-state index in [-0.39, 0.29) is 38.4 Å². The molecule has 0 amide bonds. The molecule has 0 saturated heterocycles. The van der Waals surface area contributed by atoms with Crippen molar-refractivity contribution in [1.82, 2.24) is 9.13 Å². The summed E-state index contributed by atoms with van der Waals surface area (Å²) >= 11 is 0. The number of fused-ring (bicyclic) bond motifs is 6. The van der Waals surface area contributed by atoms with Gasteiger partial charge in [0.2, 0.25) is 0 Å². The van der Waals surface area contributed by atoms with Gasteiger partial charge in [-0.1, -0.05) is 248 Å². The largest absolute Gasteiger partial charge is 0.658 e. The van der Waals surface area contributed by atoms with Crippen molar-refractivity contribution in [2.75, 3.05) is 0 Å². The minimum absolute atomic E-state index is 0. The average molecular weight is 1120 g/mol. The summed E-state index contributed by atoms with van der Waals surface area (Å²) in [7, 11) is -1.72. The number of aromatic nitrogens is 2. The van der Waals surface area contributed by atoms with E-state index >= 15 is 0 Å². The number of hydrogen-bond acceptors (Lipinski definition) is 0. The second-order valence-corrected chi connectivity index (χ2v) is 31.4. The molecule has 0 aliphatic heterocycles. The van der Waals surface area contributed by atoms with Crippen LogP contribution in [0.2, 0.25) is 39.3 Å². The van der Waals surface area contributed by atoms with Gasteiger partial charge in [-0.15, -0.1) is 41.3 Å². The van der Waals surface area contributed by atoms with Gasteiger partial charge in [0.1, 0.15) is 0 Å². The molecule has 2 aliphatic rings. The molecule has 6 aromatic carbocycles. The van der Waals surface area contributed by atoms with Crippen LogP contribution in [0.25, 0.3) is 64.9 Å². The fraction of sp³-hybridized carbons (Fsp3) is 0.367. The normalized spacial score (nSPS) is 15.5. The van der Waals surface area contributed by atoms with E-state index in [9.17, 15) is 0 Å². The molecule has 364 valence electrons. The number of rotatable bonds is 12.